The highest BCUT2D eigenvalue weighted by Crippen LogP contribution is 2.28. The van der Waals surface area contributed by atoms with Crippen LogP contribution in [0.5, 0.6) is 0 Å². The van der Waals surface area contributed by atoms with E-state index in [-0.39, 0.29) is 24.3 Å². The van der Waals surface area contributed by atoms with E-state index in [1.807, 2.05) is 42.5 Å². The first-order chi connectivity index (χ1) is 18.5. The smallest absolute Gasteiger partial charge is 0.435 e. The Balaban J connectivity index is 1.22. The lowest BCUT2D eigenvalue weighted by Gasteiger charge is -2.26. The number of ether oxygens (including phenoxy) is 1. The van der Waals surface area contributed by atoms with Gasteiger partial charge in [-0.15, -0.1) is 0 Å². The minimum absolute atomic E-state index is 0.0620. The van der Waals surface area contributed by atoms with Crippen LogP contribution in [0.15, 0.2) is 59.6 Å². The predicted octanol–water partition coefficient (Wildman–Crippen LogP) is 4.70. The molecule has 1 saturated heterocycles. The Labute approximate surface area is 224 Å². The van der Waals surface area contributed by atoms with Gasteiger partial charge in [-0.3, -0.25) is 9.59 Å². The van der Waals surface area contributed by atoms with Crippen molar-refractivity contribution in [3.05, 3.63) is 71.3 Å². The molecule has 38 heavy (non-hydrogen) atoms. The molecule has 1 saturated carbocycles. The van der Waals surface area contributed by atoms with Crippen LogP contribution < -0.4 is 11.1 Å². The largest absolute Gasteiger partial charge is 0.443 e. The summed E-state index contributed by atoms with van der Waals surface area (Å²) < 4.78 is 5.15. The minimum atomic E-state index is -0.753. The van der Waals surface area contributed by atoms with Gasteiger partial charge in [-0.05, 0) is 36.3 Å². The summed E-state index contributed by atoms with van der Waals surface area (Å²) in [4.78, 5) is 43.4. The molecular weight excluding hydrogens is 480 g/mol. The zero-order valence-corrected chi connectivity index (χ0v) is 21.9. The number of hydrogen-bond acceptors (Lipinski definition) is 4. The summed E-state index contributed by atoms with van der Waals surface area (Å²) in [6.45, 7) is 1.12. The summed E-state index contributed by atoms with van der Waals surface area (Å²) in [5.41, 5.74) is 8.31. The molecule has 0 spiro atoms. The first-order valence-corrected chi connectivity index (χ1v) is 13.7. The maximum absolute atomic E-state index is 12.9. The standard InChI is InChI=1S/C30H38N4O4/c31-28(33-30(37)38-21-24-10-5-2-6-11-24)25-16-13-23(14-17-25)20-32-29(36)26-12-7-19-34(26)27(35)18-15-22-8-3-1-4-9-22/h2,5-6,10-11,13-14,16-17,22,26H,1,3-4,7-9,12,15,18-21H2,(H,32,36)(H2,31,33,37)/t26-/m0/s1. The summed E-state index contributed by atoms with van der Waals surface area (Å²) in [6.07, 6.45) is 8.60. The number of amides is 3. The van der Waals surface area contributed by atoms with Gasteiger partial charge in [-0.1, -0.05) is 86.7 Å². The van der Waals surface area contributed by atoms with Crippen LogP contribution in [0.2, 0.25) is 0 Å². The van der Waals surface area contributed by atoms with Gasteiger partial charge in [0.15, 0.2) is 0 Å². The number of nitrogens with two attached hydrogens (primary N) is 1. The molecule has 3 amide bonds. The maximum Gasteiger partial charge on any atom is 0.435 e. The fourth-order valence-corrected chi connectivity index (χ4v) is 5.30. The molecule has 0 unspecified atom stereocenters. The van der Waals surface area contributed by atoms with Gasteiger partial charge < -0.3 is 20.7 Å². The van der Waals surface area contributed by atoms with Crippen molar-refractivity contribution in [3.63, 3.8) is 0 Å². The van der Waals surface area contributed by atoms with Crippen LogP contribution in [-0.2, 0) is 27.5 Å². The summed E-state index contributed by atoms with van der Waals surface area (Å²) in [5, 5.41) is 2.98. The fraction of sp³-hybridized carbons (Fsp3) is 0.467. The van der Waals surface area contributed by atoms with Gasteiger partial charge in [0, 0.05) is 25.1 Å². The van der Waals surface area contributed by atoms with Crippen LogP contribution in [-0.4, -0.2) is 41.2 Å². The Morgan fingerprint density at radius 1 is 0.921 bits per heavy atom. The van der Waals surface area contributed by atoms with Crippen molar-refractivity contribution in [1.82, 2.24) is 10.2 Å². The van der Waals surface area contributed by atoms with E-state index in [0.717, 1.165) is 24.0 Å². The second-order valence-corrected chi connectivity index (χ2v) is 10.2. The Morgan fingerprint density at radius 3 is 2.39 bits per heavy atom. The Hall–Kier alpha value is -3.68. The topological polar surface area (TPSA) is 114 Å². The monoisotopic (exact) mass is 518 g/mol. The van der Waals surface area contributed by atoms with Crippen LogP contribution in [0.1, 0.15) is 74.5 Å². The summed E-state index contributed by atoms with van der Waals surface area (Å²) in [7, 11) is 0. The van der Waals surface area contributed by atoms with Crippen molar-refractivity contribution in [2.24, 2.45) is 16.6 Å². The summed E-state index contributed by atoms with van der Waals surface area (Å²) in [6, 6.07) is 16.1. The minimum Gasteiger partial charge on any atom is -0.443 e. The molecule has 1 atom stereocenters. The Bertz CT molecular complexity index is 1110. The average Bonchev–Trinajstić information content (AvgIpc) is 3.45. The zero-order chi connectivity index (χ0) is 26.7. The number of likely N-dealkylation sites (tertiary alicyclic amines) is 1. The third-order valence-electron chi connectivity index (χ3n) is 7.50. The number of rotatable bonds is 9. The number of carbonyl (C=O) groups excluding carboxylic acids is 3. The Morgan fingerprint density at radius 2 is 1.66 bits per heavy atom. The Kier molecular flexibility index (Phi) is 9.90. The number of hydrogen-bond donors (Lipinski definition) is 2. The number of aliphatic imine (C=N–C) groups is 1. The zero-order valence-electron chi connectivity index (χ0n) is 21.9. The molecule has 3 N–H and O–H groups in total. The molecule has 4 rings (SSSR count). The summed E-state index contributed by atoms with van der Waals surface area (Å²) in [5.74, 6) is 0.714. The molecule has 8 nitrogen and oxygen atoms in total. The first kappa shape index (κ1) is 27.4. The van der Waals surface area contributed by atoms with E-state index in [4.69, 9.17) is 10.5 Å². The molecular formula is C30H38N4O4. The quantitative estimate of drug-likeness (QED) is 0.369. The van der Waals surface area contributed by atoms with Crippen LogP contribution in [0.25, 0.3) is 0 Å². The van der Waals surface area contributed by atoms with E-state index in [9.17, 15) is 14.4 Å². The SMILES string of the molecule is N/C(=N\C(=O)OCc1ccccc1)c1ccc(CNC(=O)[C@@H]2CCCN2C(=O)CCC2CCCCC2)cc1. The molecule has 1 aliphatic carbocycles. The molecule has 2 aromatic rings. The van der Waals surface area contributed by atoms with Crippen molar-refractivity contribution < 1.29 is 19.1 Å². The lowest BCUT2D eigenvalue weighted by Crippen LogP contribution is -2.45. The summed E-state index contributed by atoms with van der Waals surface area (Å²) >= 11 is 0. The van der Waals surface area contributed by atoms with Gasteiger partial charge in [0.25, 0.3) is 0 Å². The predicted molar refractivity (Wildman–Crippen MR) is 146 cm³/mol. The van der Waals surface area contributed by atoms with Gasteiger partial charge in [0.2, 0.25) is 11.8 Å². The van der Waals surface area contributed by atoms with Gasteiger partial charge in [0.1, 0.15) is 18.5 Å². The van der Waals surface area contributed by atoms with Crippen LogP contribution in [0.3, 0.4) is 0 Å². The molecule has 8 heteroatoms. The average molecular weight is 519 g/mol. The molecule has 2 aliphatic rings. The van der Waals surface area contributed by atoms with Crippen molar-refractivity contribution in [2.45, 2.75) is 77.0 Å². The third-order valence-corrected chi connectivity index (χ3v) is 7.50. The van der Waals surface area contributed by atoms with Crippen LogP contribution >= 0.6 is 0 Å². The number of nitrogens with one attached hydrogen (secondary N) is 1. The van der Waals surface area contributed by atoms with Crippen molar-refractivity contribution >= 4 is 23.7 Å². The first-order valence-electron chi connectivity index (χ1n) is 13.7. The van der Waals surface area contributed by atoms with Crippen LogP contribution in [0, 0.1) is 5.92 Å². The van der Waals surface area contributed by atoms with Crippen molar-refractivity contribution in [2.75, 3.05) is 6.54 Å². The maximum atomic E-state index is 12.9. The van der Waals surface area contributed by atoms with E-state index in [0.29, 0.717) is 37.4 Å². The van der Waals surface area contributed by atoms with Gasteiger partial charge in [0.05, 0.1) is 0 Å². The molecule has 0 aromatic heterocycles. The second-order valence-electron chi connectivity index (χ2n) is 10.2. The highest BCUT2D eigenvalue weighted by Gasteiger charge is 2.33. The van der Waals surface area contributed by atoms with Gasteiger partial charge in [-0.2, -0.15) is 4.99 Å². The molecule has 0 radical (unpaired) electrons. The van der Waals surface area contributed by atoms with Crippen molar-refractivity contribution in [3.8, 4) is 0 Å². The lowest BCUT2D eigenvalue weighted by molar-refractivity contribution is -0.138. The van der Waals surface area contributed by atoms with Gasteiger partial charge in [-0.25, -0.2) is 4.79 Å². The molecule has 1 aliphatic heterocycles. The van der Waals surface area contributed by atoms with E-state index in [1.54, 1.807) is 17.0 Å². The van der Waals surface area contributed by atoms with E-state index < -0.39 is 12.1 Å². The number of benzene rings is 2. The third kappa shape index (κ3) is 7.91. The van der Waals surface area contributed by atoms with Crippen molar-refractivity contribution in [1.29, 1.82) is 0 Å². The lowest BCUT2D eigenvalue weighted by atomic mass is 9.86. The second kappa shape index (κ2) is 13.7. The molecule has 2 fully saturated rings. The highest BCUT2D eigenvalue weighted by molar-refractivity contribution is 6.02. The molecule has 1 heterocycles. The van der Waals surface area contributed by atoms with E-state index in [1.165, 1.54) is 32.1 Å². The normalized spacial score (nSPS) is 18.3. The fourth-order valence-electron chi connectivity index (χ4n) is 5.30. The van der Waals surface area contributed by atoms with E-state index in [2.05, 4.69) is 10.3 Å². The van der Waals surface area contributed by atoms with Crippen LogP contribution in [0.4, 0.5) is 4.79 Å². The molecule has 202 valence electrons. The molecule has 0 bridgehead atoms. The van der Waals surface area contributed by atoms with E-state index >= 15 is 0 Å². The number of nitrogens with zero attached hydrogens (tertiary/aromatic N) is 2. The molecule has 2 aromatic carbocycles. The number of carbonyl (C=O) groups is 3. The van der Waals surface area contributed by atoms with Gasteiger partial charge >= 0.3 is 6.09 Å². The number of amidine groups is 1. The highest BCUT2D eigenvalue weighted by atomic mass is 16.5.